The molecule has 0 aliphatic rings. The van der Waals surface area contributed by atoms with Gasteiger partial charge in [0.25, 0.3) is 0 Å². The molecule has 0 atom stereocenters. The highest BCUT2D eigenvalue weighted by Gasteiger charge is 2.16. The summed E-state index contributed by atoms with van der Waals surface area (Å²) in [7, 11) is 3.11. The summed E-state index contributed by atoms with van der Waals surface area (Å²) < 4.78 is 10.5. The van der Waals surface area contributed by atoms with Crippen LogP contribution in [0.5, 0.6) is 11.5 Å². The van der Waals surface area contributed by atoms with Crippen LogP contribution in [0.1, 0.15) is 21.5 Å². The van der Waals surface area contributed by atoms with Gasteiger partial charge in [-0.1, -0.05) is 12.1 Å². The summed E-state index contributed by atoms with van der Waals surface area (Å²) in [5, 5.41) is 0. The molecule has 0 aromatic heterocycles. The summed E-state index contributed by atoms with van der Waals surface area (Å²) in [6, 6.07) is 10.4. The molecule has 0 aliphatic heterocycles. The maximum Gasteiger partial charge on any atom is 0.193 e. The number of carbonyl (C=O) groups is 1. The number of methoxy groups -OCH3 is 2. The third kappa shape index (κ3) is 2.59. The van der Waals surface area contributed by atoms with E-state index < -0.39 is 0 Å². The van der Waals surface area contributed by atoms with Gasteiger partial charge in [0.15, 0.2) is 17.3 Å². The van der Waals surface area contributed by atoms with Crippen LogP contribution in [0.3, 0.4) is 0 Å². The van der Waals surface area contributed by atoms with Crippen LogP contribution in [0.25, 0.3) is 0 Å². The largest absolute Gasteiger partial charge is 0.493 e. The average molecular weight is 271 g/mol. The molecule has 0 saturated heterocycles. The number of ketones is 1. The summed E-state index contributed by atoms with van der Waals surface area (Å²) in [4.78, 5) is 12.5. The first-order valence-corrected chi connectivity index (χ1v) is 6.19. The molecule has 2 aromatic rings. The zero-order valence-corrected chi connectivity index (χ0v) is 11.8. The number of anilines is 1. The Morgan fingerprint density at radius 1 is 1.05 bits per heavy atom. The standard InChI is InChI=1S/C16H17NO3/c1-10-7-14(19-2)15(20-3)9-13(10)16(18)11-5-4-6-12(17)8-11/h4-9H,17H2,1-3H3. The molecule has 0 bridgehead atoms. The van der Waals surface area contributed by atoms with Crippen molar-refractivity contribution in [3.63, 3.8) is 0 Å². The molecule has 4 heteroatoms. The van der Waals surface area contributed by atoms with Crippen molar-refractivity contribution in [2.75, 3.05) is 20.0 Å². The molecule has 20 heavy (non-hydrogen) atoms. The van der Waals surface area contributed by atoms with Gasteiger partial charge in [-0.25, -0.2) is 0 Å². The van der Waals surface area contributed by atoms with E-state index >= 15 is 0 Å². The molecule has 0 saturated carbocycles. The van der Waals surface area contributed by atoms with E-state index in [4.69, 9.17) is 15.2 Å². The summed E-state index contributed by atoms with van der Waals surface area (Å²) >= 11 is 0. The van der Waals surface area contributed by atoms with Gasteiger partial charge in [0, 0.05) is 16.8 Å². The fourth-order valence-electron chi connectivity index (χ4n) is 2.06. The molecule has 2 aromatic carbocycles. The number of hydrogen-bond acceptors (Lipinski definition) is 4. The van der Waals surface area contributed by atoms with E-state index in [1.54, 1.807) is 50.6 Å². The molecule has 0 amide bonds. The highest BCUT2D eigenvalue weighted by Crippen LogP contribution is 2.31. The van der Waals surface area contributed by atoms with E-state index in [0.29, 0.717) is 28.3 Å². The summed E-state index contributed by atoms with van der Waals surface area (Å²) in [6.07, 6.45) is 0. The summed E-state index contributed by atoms with van der Waals surface area (Å²) in [5.41, 5.74) is 8.24. The number of ether oxygens (including phenoxy) is 2. The smallest absolute Gasteiger partial charge is 0.193 e. The number of carbonyl (C=O) groups excluding carboxylic acids is 1. The van der Waals surface area contributed by atoms with Crippen LogP contribution in [-0.2, 0) is 0 Å². The lowest BCUT2D eigenvalue weighted by Crippen LogP contribution is -2.05. The Hall–Kier alpha value is -2.49. The molecule has 0 heterocycles. The quantitative estimate of drug-likeness (QED) is 0.686. The third-order valence-corrected chi connectivity index (χ3v) is 3.12. The SMILES string of the molecule is COc1cc(C)c(C(=O)c2cccc(N)c2)cc1OC. The Bertz CT molecular complexity index is 650. The van der Waals surface area contributed by atoms with Crippen molar-refractivity contribution < 1.29 is 14.3 Å². The van der Waals surface area contributed by atoms with Crippen molar-refractivity contribution in [1.82, 2.24) is 0 Å². The van der Waals surface area contributed by atoms with Crippen molar-refractivity contribution in [1.29, 1.82) is 0 Å². The van der Waals surface area contributed by atoms with Gasteiger partial charge in [0.2, 0.25) is 0 Å². The van der Waals surface area contributed by atoms with Gasteiger partial charge in [-0.2, -0.15) is 0 Å². The lowest BCUT2D eigenvalue weighted by Gasteiger charge is -2.12. The Morgan fingerprint density at radius 3 is 2.30 bits per heavy atom. The molecule has 2 rings (SSSR count). The normalized spacial score (nSPS) is 10.2. The Morgan fingerprint density at radius 2 is 1.70 bits per heavy atom. The predicted octanol–water partition coefficient (Wildman–Crippen LogP) is 2.83. The van der Waals surface area contributed by atoms with Gasteiger partial charge in [0.1, 0.15) is 0 Å². The van der Waals surface area contributed by atoms with E-state index in [2.05, 4.69) is 0 Å². The zero-order valence-electron chi connectivity index (χ0n) is 11.8. The minimum absolute atomic E-state index is 0.0873. The average Bonchev–Trinajstić information content (AvgIpc) is 2.46. The van der Waals surface area contributed by atoms with Crippen molar-refractivity contribution in [3.05, 3.63) is 53.1 Å². The van der Waals surface area contributed by atoms with E-state index in [1.165, 1.54) is 0 Å². The van der Waals surface area contributed by atoms with Gasteiger partial charge in [0.05, 0.1) is 14.2 Å². The maximum atomic E-state index is 12.5. The van der Waals surface area contributed by atoms with Crippen molar-refractivity contribution in [2.45, 2.75) is 6.92 Å². The van der Waals surface area contributed by atoms with Gasteiger partial charge in [-0.15, -0.1) is 0 Å². The number of aryl methyl sites for hydroxylation is 1. The van der Waals surface area contributed by atoms with Crippen molar-refractivity contribution in [3.8, 4) is 11.5 Å². The number of nitrogen functional groups attached to an aromatic ring is 1. The van der Waals surface area contributed by atoms with Crippen LogP contribution < -0.4 is 15.2 Å². The molecule has 0 radical (unpaired) electrons. The highest BCUT2D eigenvalue weighted by atomic mass is 16.5. The fraction of sp³-hybridized carbons (Fsp3) is 0.188. The predicted molar refractivity (Wildman–Crippen MR) is 78.6 cm³/mol. The molecule has 0 unspecified atom stereocenters. The molecule has 0 aliphatic carbocycles. The molecular formula is C16H17NO3. The van der Waals surface area contributed by atoms with E-state index in [-0.39, 0.29) is 5.78 Å². The molecular weight excluding hydrogens is 254 g/mol. The molecule has 104 valence electrons. The maximum absolute atomic E-state index is 12.5. The lowest BCUT2D eigenvalue weighted by atomic mass is 9.98. The van der Waals surface area contributed by atoms with Crippen LogP contribution >= 0.6 is 0 Å². The number of benzene rings is 2. The molecule has 0 fully saturated rings. The topological polar surface area (TPSA) is 61.5 Å². The minimum atomic E-state index is -0.0873. The number of nitrogens with two attached hydrogens (primary N) is 1. The van der Waals surface area contributed by atoms with Crippen molar-refractivity contribution in [2.24, 2.45) is 0 Å². The van der Waals surface area contributed by atoms with E-state index in [1.807, 2.05) is 6.92 Å². The van der Waals surface area contributed by atoms with Gasteiger partial charge in [-0.05, 0) is 36.8 Å². The molecule has 4 nitrogen and oxygen atoms in total. The third-order valence-electron chi connectivity index (χ3n) is 3.12. The number of rotatable bonds is 4. The second-order valence-corrected chi connectivity index (χ2v) is 4.48. The lowest BCUT2D eigenvalue weighted by molar-refractivity contribution is 0.103. The van der Waals surface area contributed by atoms with E-state index in [0.717, 1.165) is 5.56 Å². The monoisotopic (exact) mass is 271 g/mol. The van der Waals surface area contributed by atoms with Crippen LogP contribution in [0, 0.1) is 6.92 Å². The minimum Gasteiger partial charge on any atom is -0.493 e. The first-order valence-electron chi connectivity index (χ1n) is 6.19. The number of hydrogen-bond donors (Lipinski definition) is 1. The highest BCUT2D eigenvalue weighted by molar-refractivity contribution is 6.10. The zero-order chi connectivity index (χ0) is 14.7. The summed E-state index contributed by atoms with van der Waals surface area (Å²) in [5.74, 6) is 1.05. The molecule has 2 N–H and O–H groups in total. The Labute approximate surface area is 118 Å². The van der Waals surface area contributed by atoms with Crippen LogP contribution in [-0.4, -0.2) is 20.0 Å². The first kappa shape index (κ1) is 13.9. The first-order chi connectivity index (χ1) is 9.56. The van der Waals surface area contributed by atoms with E-state index in [9.17, 15) is 4.79 Å². The second kappa shape index (κ2) is 5.65. The van der Waals surface area contributed by atoms with Crippen LogP contribution in [0.4, 0.5) is 5.69 Å². The van der Waals surface area contributed by atoms with Gasteiger partial charge < -0.3 is 15.2 Å². The Balaban J connectivity index is 2.49. The van der Waals surface area contributed by atoms with Crippen molar-refractivity contribution >= 4 is 11.5 Å². The Kier molecular flexibility index (Phi) is 3.94. The van der Waals surface area contributed by atoms with Gasteiger partial charge in [-0.3, -0.25) is 4.79 Å². The second-order valence-electron chi connectivity index (χ2n) is 4.48. The van der Waals surface area contributed by atoms with Crippen LogP contribution in [0.15, 0.2) is 36.4 Å². The summed E-state index contributed by atoms with van der Waals surface area (Å²) in [6.45, 7) is 1.86. The van der Waals surface area contributed by atoms with Gasteiger partial charge >= 0.3 is 0 Å². The molecule has 0 spiro atoms. The van der Waals surface area contributed by atoms with Crippen LogP contribution in [0.2, 0.25) is 0 Å². The fourth-order valence-corrected chi connectivity index (χ4v) is 2.06.